The summed E-state index contributed by atoms with van der Waals surface area (Å²) in [4.78, 5) is 15.3. The van der Waals surface area contributed by atoms with Crippen molar-refractivity contribution in [2.45, 2.75) is 31.1 Å². The lowest BCUT2D eigenvalue weighted by atomic mass is 9.74. The number of fused-ring (bicyclic) bond motifs is 6. The number of rotatable bonds is 5. The largest absolute Gasteiger partial charge is 0.456 e. The number of allylic oxidation sites excluding steroid dienone is 8. The highest BCUT2D eigenvalue weighted by Gasteiger charge is 2.32. The molecule has 238 valence electrons. The molecular weight excluding hydrogens is 611 g/mol. The van der Waals surface area contributed by atoms with Crippen LogP contribution in [0.3, 0.4) is 0 Å². The van der Waals surface area contributed by atoms with Crippen LogP contribution in [0.1, 0.15) is 58.6 Å². The lowest BCUT2D eigenvalue weighted by molar-refractivity contribution is 0.648. The number of hydrogen-bond acceptors (Lipinski definition) is 4. The first-order valence-electron chi connectivity index (χ1n) is 17.5. The van der Waals surface area contributed by atoms with Crippen LogP contribution in [0, 0.1) is 0 Å². The number of nitrogens with zero attached hydrogens (tertiary/aromatic N) is 3. The fraction of sp³-hybridized carbons (Fsp3) is 0.109. The molecule has 0 saturated heterocycles. The van der Waals surface area contributed by atoms with Crippen molar-refractivity contribution in [3.63, 3.8) is 0 Å². The highest BCUT2D eigenvalue weighted by Crippen LogP contribution is 2.49. The van der Waals surface area contributed by atoms with E-state index < -0.39 is 0 Å². The molecule has 0 bridgehead atoms. The first-order valence-corrected chi connectivity index (χ1v) is 17.5. The third-order valence-corrected chi connectivity index (χ3v) is 10.5. The van der Waals surface area contributed by atoms with Crippen LogP contribution in [-0.4, -0.2) is 15.0 Å². The van der Waals surface area contributed by atoms with Gasteiger partial charge in [0.15, 0.2) is 17.5 Å². The fourth-order valence-electron chi connectivity index (χ4n) is 8.09. The quantitative estimate of drug-likeness (QED) is 0.187. The molecular formula is C46H33N3O. The number of hydrogen-bond donors (Lipinski definition) is 0. The molecule has 0 aliphatic heterocycles. The Balaban J connectivity index is 1.18. The number of furan rings is 1. The van der Waals surface area contributed by atoms with E-state index in [0.717, 1.165) is 69.3 Å². The van der Waals surface area contributed by atoms with Gasteiger partial charge in [0.1, 0.15) is 11.2 Å². The zero-order chi connectivity index (χ0) is 33.0. The van der Waals surface area contributed by atoms with Gasteiger partial charge in [-0.15, -0.1) is 0 Å². The fourth-order valence-corrected chi connectivity index (χ4v) is 8.09. The van der Waals surface area contributed by atoms with E-state index in [1.54, 1.807) is 0 Å². The molecule has 2 aromatic heterocycles. The van der Waals surface area contributed by atoms with Gasteiger partial charge in [-0.25, -0.2) is 15.0 Å². The van der Waals surface area contributed by atoms with Gasteiger partial charge in [0, 0.05) is 39.3 Å². The maximum Gasteiger partial charge on any atom is 0.164 e. The second-order valence-electron chi connectivity index (χ2n) is 13.4. The third-order valence-electron chi connectivity index (χ3n) is 10.5. The molecule has 2 heterocycles. The molecule has 0 saturated carbocycles. The van der Waals surface area contributed by atoms with Gasteiger partial charge < -0.3 is 4.42 Å². The first-order chi connectivity index (χ1) is 24.8. The molecule has 0 N–H and O–H groups in total. The van der Waals surface area contributed by atoms with Gasteiger partial charge in [0.2, 0.25) is 0 Å². The van der Waals surface area contributed by atoms with Crippen molar-refractivity contribution < 1.29 is 4.42 Å². The van der Waals surface area contributed by atoms with Crippen molar-refractivity contribution in [3.8, 4) is 22.5 Å². The Labute approximate surface area is 290 Å². The SMILES string of the molecule is C1=CCCC(c2nc(C3=CC(c4cccc5c4oc4ccccc45)C(c4cccc5c4-c4ccccc4C5)C=C3)nc(-c3ccccc3)n2)=C1. The summed E-state index contributed by atoms with van der Waals surface area (Å²) in [5.74, 6) is 2.15. The van der Waals surface area contributed by atoms with Crippen LogP contribution in [0.4, 0.5) is 0 Å². The molecule has 50 heavy (non-hydrogen) atoms. The Morgan fingerprint density at radius 3 is 2.30 bits per heavy atom. The predicted octanol–water partition coefficient (Wildman–Crippen LogP) is 11.3. The molecule has 3 aliphatic rings. The van der Waals surface area contributed by atoms with Crippen LogP contribution in [0.2, 0.25) is 0 Å². The molecule has 5 aromatic carbocycles. The minimum absolute atomic E-state index is 0.0317. The molecule has 0 fully saturated rings. The molecule has 4 nitrogen and oxygen atoms in total. The Morgan fingerprint density at radius 2 is 1.38 bits per heavy atom. The summed E-state index contributed by atoms with van der Waals surface area (Å²) < 4.78 is 6.68. The third kappa shape index (κ3) is 4.79. The highest BCUT2D eigenvalue weighted by atomic mass is 16.3. The number of benzene rings is 5. The summed E-state index contributed by atoms with van der Waals surface area (Å²) >= 11 is 0. The van der Waals surface area contributed by atoms with E-state index in [2.05, 4.69) is 127 Å². The van der Waals surface area contributed by atoms with Gasteiger partial charge in [-0.2, -0.15) is 0 Å². The maximum atomic E-state index is 6.68. The van der Waals surface area contributed by atoms with Crippen molar-refractivity contribution in [2.75, 3.05) is 0 Å². The Kier molecular flexibility index (Phi) is 6.80. The number of para-hydroxylation sites is 2. The molecule has 4 heteroatoms. The monoisotopic (exact) mass is 643 g/mol. The Morgan fingerprint density at radius 1 is 0.620 bits per heavy atom. The summed E-state index contributed by atoms with van der Waals surface area (Å²) in [6.45, 7) is 0. The van der Waals surface area contributed by atoms with Gasteiger partial charge in [-0.1, -0.05) is 146 Å². The summed E-state index contributed by atoms with van der Waals surface area (Å²) in [5, 5.41) is 2.27. The van der Waals surface area contributed by atoms with E-state index >= 15 is 0 Å². The predicted molar refractivity (Wildman–Crippen MR) is 203 cm³/mol. The average Bonchev–Trinajstić information content (AvgIpc) is 3.77. The van der Waals surface area contributed by atoms with Crippen molar-refractivity contribution in [2.24, 2.45) is 0 Å². The van der Waals surface area contributed by atoms with Crippen LogP contribution in [0.15, 0.2) is 156 Å². The van der Waals surface area contributed by atoms with Gasteiger partial charge in [-0.05, 0) is 58.7 Å². The zero-order valence-corrected chi connectivity index (χ0v) is 27.5. The minimum atomic E-state index is -0.0317. The van der Waals surface area contributed by atoms with Crippen molar-refractivity contribution in [3.05, 3.63) is 186 Å². The van der Waals surface area contributed by atoms with Crippen molar-refractivity contribution in [1.82, 2.24) is 15.0 Å². The van der Waals surface area contributed by atoms with E-state index in [1.807, 2.05) is 24.3 Å². The minimum Gasteiger partial charge on any atom is -0.456 e. The van der Waals surface area contributed by atoms with Gasteiger partial charge >= 0.3 is 0 Å². The topological polar surface area (TPSA) is 51.8 Å². The van der Waals surface area contributed by atoms with Crippen molar-refractivity contribution in [1.29, 1.82) is 0 Å². The molecule has 0 spiro atoms. The highest BCUT2D eigenvalue weighted by molar-refractivity contribution is 6.06. The van der Waals surface area contributed by atoms with Gasteiger partial charge in [-0.3, -0.25) is 0 Å². The van der Waals surface area contributed by atoms with E-state index in [4.69, 9.17) is 19.4 Å². The van der Waals surface area contributed by atoms with Crippen LogP contribution in [-0.2, 0) is 6.42 Å². The maximum absolute atomic E-state index is 6.68. The second kappa shape index (κ2) is 11.8. The van der Waals surface area contributed by atoms with Crippen molar-refractivity contribution >= 4 is 33.1 Å². The van der Waals surface area contributed by atoms with Crippen LogP contribution in [0.25, 0.3) is 55.6 Å². The lowest BCUT2D eigenvalue weighted by Gasteiger charge is -2.29. The van der Waals surface area contributed by atoms with E-state index in [1.165, 1.54) is 27.8 Å². The molecule has 2 atom stereocenters. The van der Waals surface area contributed by atoms with E-state index in [-0.39, 0.29) is 11.8 Å². The summed E-state index contributed by atoms with van der Waals surface area (Å²) in [6.07, 6.45) is 16.2. The second-order valence-corrected chi connectivity index (χ2v) is 13.4. The van der Waals surface area contributed by atoms with Crippen LogP contribution >= 0.6 is 0 Å². The standard InChI is InChI=1S/C46H33N3O/c1-3-13-29(14-4-1)44-47-45(30-15-5-2-6-16-30)49-46(48-44)33-25-26-35(37-21-11-18-32-27-31-17-7-8-19-34(31)42(32)37)40(28-33)39-23-12-22-38-36-20-9-10-24-41(36)50-43(38)39/h1-5,7-15,17-26,28,35,40H,6,16,27H2. The molecule has 3 aliphatic carbocycles. The lowest BCUT2D eigenvalue weighted by Crippen LogP contribution is -2.14. The smallest absolute Gasteiger partial charge is 0.164 e. The molecule has 2 unspecified atom stereocenters. The number of aromatic nitrogens is 3. The Bertz CT molecular complexity index is 2590. The Hall–Kier alpha value is -6.13. The molecule has 0 amide bonds. The van der Waals surface area contributed by atoms with Crippen LogP contribution < -0.4 is 0 Å². The first kappa shape index (κ1) is 28.8. The molecule has 0 radical (unpaired) electrons. The molecule has 7 aromatic rings. The average molecular weight is 644 g/mol. The van der Waals surface area contributed by atoms with E-state index in [9.17, 15) is 0 Å². The molecule has 10 rings (SSSR count). The summed E-state index contributed by atoms with van der Waals surface area (Å²) in [6, 6.07) is 40.8. The summed E-state index contributed by atoms with van der Waals surface area (Å²) in [5.41, 5.74) is 12.9. The van der Waals surface area contributed by atoms with Gasteiger partial charge in [0.05, 0.1) is 0 Å². The van der Waals surface area contributed by atoms with Gasteiger partial charge in [0.25, 0.3) is 0 Å². The zero-order valence-electron chi connectivity index (χ0n) is 27.5. The summed E-state index contributed by atoms with van der Waals surface area (Å²) in [7, 11) is 0. The van der Waals surface area contributed by atoms with E-state index in [0.29, 0.717) is 11.6 Å². The normalized spacial score (nSPS) is 17.8. The van der Waals surface area contributed by atoms with Crippen LogP contribution in [0.5, 0.6) is 0 Å².